The Morgan fingerprint density at radius 3 is 2.19 bits per heavy atom. The third kappa shape index (κ3) is 5.68. The fourth-order valence-electron chi connectivity index (χ4n) is 3.43. The molecule has 0 aliphatic carbocycles. The summed E-state index contributed by atoms with van der Waals surface area (Å²) in [6.45, 7) is 0. The first-order valence-corrected chi connectivity index (χ1v) is 11.0. The number of hydrogen-bond donors (Lipinski definition) is 3. The SMILES string of the molecule is COc1ccc(N2C(=O)NC(=O)[C@@H](/C=N\NC(=O)c3ccc(NC(=O)c4ccccc4)cc3)C2=O)cc1. The molecule has 1 atom stereocenters. The second-order valence-electron chi connectivity index (χ2n) is 7.76. The monoisotopic (exact) mass is 499 g/mol. The van der Waals surface area contributed by atoms with E-state index in [9.17, 15) is 24.0 Å². The number of urea groups is 1. The molecule has 1 aliphatic heterocycles. The second kappa shape index (κ2) is 11.0. The largest absolute Gasteiger partial charge is 0.497 e. The van der Waals surface area contributed by atoms with Gasteiger partial charge in [0.25, 0.3) is 17.7 Å². The Kier molecular flexibility index (Phi) is 7.34. The van der Waals surface area contributed by atoms with E-state index >= 15 is 0 Å². The predicted molar refractivity (Wildman–Crippen MR) is 134 cm³/mol. The minimum absolute atomic E-state index is 0.226. The Labute approximate surface area is 211 Å². The number of amides is 6. The number of rotatable bonds is 7. The number of ether oxygens (including phenoxy) is 1. The van der Waals surface area contributed by atoms with Crippen molar-refractivity contribution >= 4 is 47.2 Å². The fourth-order valence-corrected chi connectivity index (χ4v) is 3.43. The van der Waals surface area contributed by atoms with Gasteiger partial charge in [-0.15, -0.1) is 0 Å². The minimum Gasteiger partial charge on any atom is -0.497 e. The Hall–Kier alpha value is -5.32. The van der Waals surface area contributed by atoms with Gasteiger partial charge in [0, 0.05) is 23.0 Å². The summed E-state index contributed by atoms with van der Waals surface area (Å²) < 4.78 is 5.06. The normalized spacial score (nSPS) is 15.3. The van der Waals surface area contributed by atoms with E-state index in [0.29, 0.717) is 17.0 Å². The number of barbiturate groups is 1. The Morgan fingerprint density at radius 2 is 1.54 bits per heavy atom. The van der Waals surface area contributed by atoms with Crippen LogP contribution in [0, 0.1) is 5.92 Å². The van der Waals surface area contributed by atoms with Crippen LogP contribution in [0.25, 0.3) is 0 Å². The molecule has 4 rings (SSSR count). The summed E-state index contributed by atoms with van der Waals surface area (Å²) in [4.78, 5) is 62.8. The third-order valence-corrected chi connectivity index (χ3v) is 5.36. The fraction of sp³-hybridized carbons (Fsp3) is 0.0769. The van der Waals surface area contributed by atoms with Crippen LogP contribution in [0.4, 0.5) is 16.2 Å². The maximum Gasteiger partial charge on any atom is 0.335 e. The molecule has 0 saturated carbocycles. The summed E-state index contributed by atoms with van der Waals surface area (Å²) in [5, 5.41) is 8.55. The zero-order valence-electron chi connectivity index (χ0n) is 19.5. The molecule has 11 nitrogen and oxygen atoms in total. The number of hydrogen-bond acceptors (Lipinski definition) is 7. The number of imide groups is 2. The van der Waals surface area contributed by atoms with Crippen LogP contribution in [0.3, 0.4) is 0 Å². The molecule has 1 saturated heterocycles. The quantitative estimate of drug-likeness (QED) is 0.259. The lowest BCUT2D eigenvalue weighted by molar-refractivity contribution is -0.131. The zero-order chi connectivity index (χ0) is 26.4. The van der Waals surface area contributed by atoms with E-state index in [-0.39, 0.29) is 17.2 Å². The number of anilines is 2. The smallest absolute Gasteiger partial charge is 0.335 e. The van der Waals surface area contributed by atoms with Crippen molar-refractivity contribution in [3.63, 3.8) is 0 Å². The molecule has 3 N–H and O–H groups in total. The Bertz CT molecular complexity index is 1370. The van der Waals surface area contributed by atoms with Gasteiger partial charge in [-0.2, -0.15) is 5.10 Å². The first-order chi connectivity index (χ1) is 17.9. The molecule has 37 heavy (non-hydrogen) atoms. The summed E-state index contributed by atoms with van der Waals surface area (Å²) in [6.07, 6.45) is 0.951. The molecule has 3 aromatic rings. The van der Waals surface area contributed by atoms with Gasteiger partial charge in [0.2, 0.25) is 5.91 Å². The molecule has 11 heteroatoms. The molecule has 1 heterocycles. The van der Waals surface area contributed by atoms with Gasteiger partial charge in [-0.25, -0.2) is 15.1 Å². The van der Waals surface area contributed by atoms with Gasteiger partial charge in [0.15, 0.2) is 5.92 Å². The van der Waals surface area contributed by atoms with Gasteiger partial charge in [0.05, 0.1) is 12.8 Å². The van der Waals surface area contributed by atoms with Gasteiger partial charge >= 0.3 is 6.03 Å². The molecular formula is C26H21N5O6. The van der Waals surface area contributed by atoms with Crippen LogP contribution in [0.15, 0.2) is 84.0 Å². The van der Waals surface area contributed by atoms with Crippen LogP contribution in [0.2, 0.25) is 0 Å². The van der Waals surface area contributed by atoms with Crippen molar-refractivity contribution in [2.45, 2.75) is 0 Å². The van der Waals surface area contributed by atoms with Crippen LogP contribution in [0.5, 0.6) is 5.75 Å². The molecule has 0 aromatic heterocycles. The summed E-state index contributed by atoms with van der Waals surface area (Å²) in [5.74, 6) is -3.50. The van der Waals surface area contributed by atoms with E-state index in [0.717, 1.165) is 11.1 Å². The van der Waals surface area contributed by atoms with Crippen LogP contribution in [-0.4, -0.2) is 43.0 Å². The first-order valence-electron chi connectivity index (χ1n) is 11.0. The second-order valence-corrected chi connectivity index (χ2v) is 7.76. The first kappa shape index (κ1) is 24.8. The highest BCUT2D eigenvalue weighted by Gasteiger charge is 2.40. The lowest BCUT2D eigenvalue weighted by Crippen LogP contribution is -2.58. The standard InChI is InChI=1S/C26H21N5O6/c1-37-20-13-11-19(12-14-20)31-25(35)21(24(34)29-26(31)36)15-27-30-23(33)17-7-9-18(10-8-17)28-22(32)16-5-3-2-4-6-16/h2-15,21H,1H3,(H,28,32)(H,30,33)(H,29,34,36)/b27-15-/t21-/m1/s1. The zero-order valence-corrected chi connectivity index (χ0v) is 19.5. The van der Waals surface area contributed by atoms with Gasteiger partial charge in [-0.1, -0.05) is 18.2 Å². The van der Waals surface area contributed by atoms with E-state index in [4.69, 9.17) is 4.74 Å². The number of benzene rings is 3. The minimum atomic E-state index is -1.43. The molecule has 0 spiro atoms. The molecule has 0 bridgehead atoms. The highest BCUT2D eigenvalue weighted by Crippen LogP contribution is 2.23. The number of methoxy groups -OCH3 is 1. The molecule has 1 aliphatic rings. The summed E-state index contributed by atoms with van der Waals surface area (Å²) in [5.41, 5.74) is 3.69. The van der Waals surface area contributed by atoms with Crippen molar-refractivity contribution in [1.82, 2.24) is 10.7 Å². The van der Waals surface area contributed by atoms with Gasteiger partial charge in [-0.3, -0.25) is 24.5 Å². The van der Waals surface area contributed by atoms with Crippen molar-refractivity contribution in [1.29, 1.82) is 0 Å². The topological polar surface area (TPSA) is 146 Å². The van der Waals surface area contributed by atoms with E-state index in [1.54, 1.807) is 54.6 Å². The molecular weight excluding hydrogens is 478 g/mol. The summed E-state index contributed by atoms with van der Waals surface area (Å²) in [7, 11) is 1.48. The molecule has 0 radical (unpaired) electrons. The van der Waals surface area contributed by atoms with E-state index in [1.165, 1.54) is 31.4 Å². The molecule has 0 unspecified atom stereocenters. The maximum absolute atomic E-state index is 12.8. The number of hydrazone groups is 1. The lowest BCUT2D eigenvalue weighted by Gasteiger charge is -2.28. The van der Waals surface area contributed by atoms with Crippen LogP contribution in [-0.2, 0) is 9.59 Å². The van der Waals surface area contributed by atoms with Crippen molar-refractivity contribution < 1.29 is 28.7 Å². The highest BCUT2D eigenvalue weighted by atomic mass is 16.5. The Morgan fingerprint density at radius 1 is 0.892 bits per heavy atom. The lowest BCUT2D eigenvalue weighted by atomic mass is 10.1. The molecule has 1 fully saturated rings. The number of carbonyl (C=O) groups is 5. The third-order valence-electron chi connectivity index (χ3n) is 5.36. The van der Waals surface area contributed by atoms with Crippen molar-refractivity contribution in [3.05, 3.63) is 90.0 Å². The Balaban J connectivity index is 1.38. The van der Waals surface area contributed by atoms with Crippen LogP contribution < -0.4 is 25.7 Å². The van der Waals surface area contributed by atoms with Gasteiger partial charge < -0.3 is 10.1 Å². The molecule has 3 aromatic carbocycles. The predicted octanol–water partition coefficient (Wildman–Crippen LogP) is 2.56. The van der Waals surface area contributed by atoms with E-state index < -0.39 is 29.7 Å². The summed E-state index contributed by atoms with van der Waals surface area (Å²) >= 11 is 0. The van der Waals surface area contributed by atoms with Crippen molar-refractivity contribution in [3.8, 4) is 5.75 Å². The van der Waals surface area contributed by atoms with Crippen molar-refractivity contribution in [2.24, 2.45) is 11.0 Å². The molecule has 186 valence electrons. The van der Waals surface area contributed by atoms with Gasteiger partial charge in [-0.05, 0) is 60.7 Å². The van der Waals surface area contributed by atoms with E-state index in [2.05, 4.69) is 21.2 Å². The van der Waals surface area contributed by atoms with Crippen LogP contribution in [0.1, 0.15) is 20.7 Å². The van der Waals surface area contributed by atoms with Gasteiger partial charge in [0.1, 0.15) is 5.75 Å². The number of carbonyl (C=O) groups excluding carboxylic acids is 5. The average molecular weight is 499 g/mol. The number of nitrogens with one attached hydrogen (secondary N) is 3. The average Bonchev–Trinajstić information content (AvgIpc) is 2.91. The molecule has 6 amide bonds. The van der Waals surface area contributed by atoms with E-state index in [1.807, 2.05) is 0 Å². The van der Waals surface area contributed by atoms with Crippen LogP contribution >= 0.6 is 0 Å². The highest BCUT2D eigenvalue weighted by molar-refractivity contribution is 6.32. The maximum atomic E-state index is 12.8. The number of nitrogens with zero attached hydrogens (tertiary/aromatic N) is 2. The summed E-state index contributed by atoms with van der Waals surface area (Å²) in [6, 6.07) is 20.0. The van der Waals surface area contributed by atoms with Crippen molar-refractivity contribution in [2.75, 3.05) is 17.3 Å².